The van der Waals surface area contributed by atoms with Crippen LogP contribution in [0.25, 0.3) is 16.8 Å². The lowest BCUT2D eigenvalue weighted by Gasteiger charge is -2.16. The largest absolute Gasteiger partial charge is 0.493 e. The fourth-order valence-electron chi connectivity index (χ4n) is 3.01. The van der Waals surface area contributed by atoms with E-state index in [4.69, 9.17) is 4.74 Å². The van der Waals surface area contributed by atoms with Gasteiger partial charge in [0.15, 0.2) is 0 Å². The normalized spacial score (nSPS) is 10.8. The van der Waals surface area contributed by atoms with Crippen LogP contribution in [0.4, 0.5) is 5.69 Å². The minimum Gasteiger partial charge on any atom is -0.493 e. The van der Waals surface area contributed by atoms with Crippen molar-refractivity contribution in [2.45, 2.75) is 6.92 Å². The van der Waals surface area contributed by atoms with E-state index >= 15 is 0 Å². The number of carbonyl (C=O) groups excluding carboxylic acids is 2. The predicted molar refractivity (Wildman–Crippen MR) is 117 cm³/mol. The van der Waals surface area contributed by atoms with E-state index in [2.05, 4.69) is 5.32 Å². The number of nitrogens with zero attached hydrogens (tertiary/aromatic N) is 1. The van der Waals surface area contributed by atoms with Gasteiger partial charge in [-0.15, -0.1) is 0 Å². The van der Waals surface area contributed by atoms with Crippen LogP contribution in [-0.4, -0.2) is 36.9 Å². The smallest absolute Gasteiger partial charge is 0.246 e. The molecule has 3 aromatic carbocycles. The summed E-state index contributed by atoms with van der Waals surface area (Å²) in [5.41, 5.74) is 1.55. The minimum atomic E-state index is -0.260. The fourth-order valence-corrected chi connectivity index (χ4v) is 3.01. The lowest BCUT2D eigenvalue weighted by molar-refractivity contribution is -0.129. The van der Waals surface area contributed by atoms with Crippen molar-refractivity contribution in [2.75, 3.05) is 25.5 Å². The van der Waals surface area contributed by atoms with Gasteiger partial charge in [0.05, 0.1) is 13.2 Å². The molecule has 0 spiro atoms. The van der Waals surface area contributed by atoms with Gasteiger partial charge >= 0.3 is 0 Å². The number of para-hydroxylation sites is 1. The maximum absolute atomic E-state index is 12.4. The molecular formula is C24H24N2O3. The number of ether oxygens (including phenoxy) is 1. The molecule has 148 valence electrons. The molecule has 5 heteroatoms. The summed E-state index contributed by atoms with van der Waals surface area (Å²) >= 11 is 0. The highest BCUT2D eigenvalue weighted by Gasteiger charge is 2.12. The topological polar surface area (TPSA) is 58.6 Å². The molecule has 3 rings (SSSR count). The van der Waals surface area contributed by atoms with Crippen LogP contribution in [0.1, 0.15) is 12.5 Å². The van der Waals surface area contributed by atoms with Crippen molar-refractivity contribution in [3.8, 4) is 5.75 Å². The van der Waals surface area contributed by atoms with E-state index in [0.717, 1.165) is 27.8 Å². The Kier molecular flexibility index (Phi) is 6.63. The summed E-state index contributed by atoms with van der Waals surface area (Å²) in [7, 11) is 1.60. The molecule has 0 unspecified atom stereocenters. The lowest BCUT2D eigenvalue weighted by Crippen LogP contribution is -2.33. The Labute approximate surface area is 170 Å². The highest BCUT2D eigenvalue weighted by atomic mass is 16.5. The highest BCUT2D eigenvalue weighted by Crippen LogP contribution is 2.23. The average molecular weight is 388 g/mol. The molecule has 0 heterocycles. The molecule has 3 aromatic rings. The van der Waals surface area contributed by atoms with Crippen LogP contribution in [0, 0.1) is 0 Å². The zero-order valence-electron chi connectivity index (χ0n) is 16.6. The average Bonchev–Trinajstić information content (AvgIpc) is 2.73. The first-order valence-corrected chi connectivity index (χ1v) is 9.51. The lowest BCUT2D eigenvalue weighted by atomic mass is 10.1. The third kappa shape index (κ3) is 5.23. The first-order chi connectivity index (χ1) is 14.1. The third-order valence-corrected chi connectivity index (χ3v) is 4.45. The van der Waals surface area contributed by atoms with Gasteiger partial charge in [-0.05, 0) is 30.5 Å². The molecule has 0 aromatic heterocycles. The Morgan fingerprint density at radius 1 is 1.00 bits per heavy atom. The van der Waals surface area contributed by atoms with Crippen LogP contribution < -0.4 is 10.1 Å². The number of anilines is 1. The molecule has 0 aliphatic carbocycles. The summed E-state index contributed by atoms with van der Waals surface area (Å²) in [6, 6.07) is 21.1. The van der Waals surface area contributed by atoms with Crippen molar-refractivity contribution in [1.82, 2.24) is 4.90 Å². The Hall–Kier alpha value is -3.60. The molecule has 0 bridgehead atoms. The van der Waals surface area contributed by atoms with E-state index in [1.807, 2.05) is 73.7 Å². The van der Waals surface area contributed by atoms with E-state index in [0.29, 0.717) is 6.61 Å². The first kappa shape index (κ1) is 20.1. The van der Waals surface area contributed by atoms with Crippen LogP contribution >= 0.6 is 0 Å². The van der Waals surface area contributed by atoms with Crippen molar-refractivity contribution >= 4 is 34.4 Å². The summed E-state index contributed by atoms with van der Waals surface area (Å²) in [6.07, 6.45) is 3.15. The van der Waals surface area contributed by atoms with Gasteiger partial charge in [0.1, 0.15) is 5.75 Å². The van der Waals surface area contributed by atoms with Crippen LogP contribution in [0.5, 0.6) is 5.75 Å². The molecule has 1 N–H and O–H groups in total. The number of hydrogen-bond acceptors (Lipinski definition) is 3. The van der Waals surface area contributed by atoms with Gasteiger partial charge in [0.2, 0.25) is 11.8 Å². The summed E-state index contributed by atoms with van der Waals surface area (Å²) < 4.78 is 5.56. The van der Waals surface area contributed by atoms with E-state index in [-0.39, 0.29) is 18.4 Å². The number of hydrogen-bond donors (Lipinski definition) is 1. The Bertz CT molecular complexity index is 1040. The number of nitrogens with one attached hydrogen (secondary N) is 1. The molecule has 0 fully saturated rings. The molecular weight excluding hydrogens is 364 g/mol. The van der Waals surface area contributed by atoms with Gasteiger partial charge in [-0.1, -0.05) is 54.6 Å². The summed E-state index contributed by atoms with van der Waals surface area (Å²) in [5.74, 6) is 0.208. The fraction of sp³-hybridized carbons (Fsp3) is 0.167. The summed E-state index contributed by atoms with van der Waals surface area (Å²) in [6.45, 7) is 2.42. The molecule has 0 saturated carbocycles. The SMILES string of the molecule is CCOc1ccccc1/C=C/C(=O)N(C)CC(=O)Nc1cccc2ccccc12. The molecule has 2 amide bonds. The van der Waals surface area contributed by atoms with Gasteiger partial charge in [-0.25, -0.2) is 0 Å². The molecule has 5 nitrogen and oxygen atoms in total. The van der Waals surface area contributed by atoms with Gasteiger partial charge in [0, 0.05) is 29.8 Å². The Morgan fingerprint density at radius 2 is 1.72 bits per heavy atom. The number of amides is 2. The van der Waals surface area contributed by atoms with E-state index in [1.54, 1.807) is 13.1 Å². The van der Waals surface area contributed by atoms with Gasteiger partial charge in [-0.2, -0.15) is 0 Å². The number of carbonyl (C=O) groups is 2. The van der Waals surface area contributed by atoms with Crippen molar-refractivity contribution in [3.05, 3.63) is 78.4 Å². The van der Waals surface area contributed by atoms with E-state index in [9.17, 15) is 9.59 Å². The van der Waals surface area contributed by atoms with Crippen LogP contribution in [0.2, 0.25) is 0 Å². The molecule has 0 aliphatic heterocycles. The molecule has 0 atom stereocenters. The standard InChI is InChI=1S/C24H24N2O3/c1-3-29-22-14-7-5-10-19(22)15-16-24(28)26(2)17-23(27)25-21-13-8-11-18-9-4-6-12-20(18)21/h4-16H,3,17H2,1-2H3,(H,25,27)/b16-15+. The zero-order chi connectivity index (χ0) is 20.6. The number of likely N-dealkylation sites (N-methyl/N-ethyl adjacent to an activating group) is 1. The van der Waals surface area contributed by atoms with E-state index < -0.39 is 0 Å². The van der Waals surface area contributed by atoms with Gasteiger partial charge in [-0.3, -0.25) is 9.59 Å². The number of rotatable bonds is 7. The Balaban J connectivity index is 1.63. The second-order valence-corrected chi connectivity index (χ2v) is 6.57. The number of benzene rings is 3. The van der Waals surface area contributed by atoms with Crippen molar-refractivity contribution in [1.29, 1.82) is 0 Å². The maximum Gasteiger partial charge on any atom is 0.246 e. The van der Waals surface area contributed by atoms with Gasteiger partial charge in [0.25, 0.3) is 0 Å². The minimum absolute atomic E-state index is 0.0422. The summed E-state index contributed by atoms with van der Waals surface area (Å²) in [4.78, 5) is 26.2. The van der Waals surface area contributed by atoms with Crippen molar-refractivity contribution in [3.63, 3.8) is 0 Å². The zero-order valence-corrected chi connectivity index (χ0v) is 16.6. The second-order valence-electron chi connectivity index (χ2n) is 6.57. The third-order valence-electron chi connectivity index (χ3n) is 4.45. The molecule has 0 saturated heterocycles. The Morgan fingerprint density at radius 3 is 2.55 bits per heavy atom. The monoisotopic (exact) mass is 388 g/mol. The van der Waals surface area contributed by atoms with E-state index in [1.165, 1.54) is 11.0 Å². The molecule has 29 heavy (non-hydrogen) atoms. The van der Waals surface area contributed by atoms with Crippen molar-refractivity contribution in [2.24, 2.45) is 0 Å². The van der Waals surface area contributed by atoms with Crippen molar-refractivity contribution < 1.29 is 14.3 Å². The van der Waals surface area contributed by atoms with Crippen LogP contribution in [0.15, 0.2) is 72.8 Å². The second kappa shape index (κ2) is 9.55. The van der Waals surface area contributed by atoms with Crippen LogP contribution in [0.3, 0.4) is 0 Å². The number of fused-ring (bicyclic) bond motifs is 1. The first-order valence-electron chi connectivity index (χ1n) is 9.51. The van der Waals surface area contributed by atoms with Crippen LogP contribution in [-0.2, 0) is 9.59 Å². The predicted octanol–water partition coefficient (Wildman–Crippen LogP) is 4.35. The summed E-state index contributed by atoms with van der Waals surface area (Å²) in [5, 5.41) is 4.90. The molecule has 0 aliphatic rings. The van der Waals surface area contributed by atoms with Gasteiger partial charge < -0.3 is 15.0 Å². The molecule has 0 radical (unpaired) electrons. The highest BCUT2D eigenvalue weighted by molar-refractivity contribution is 6.04. The quantitative estimate of drug-likeness (QED) is 0.612. The maximum atomic E-state index is 12.4.